The predicted molar refractivity (Wildman–Crippen MR) is 106 cm³/mol. The Bertz CT molecular complexity index is 728. The van der Waals surface area contributed by atoms with Gasteiger partial charge in [0.1, 0.15) is 11.7 Å². The Morgan fingerprint density at radius 1 is 1.04 bits per heavy atom. The summed E-state index contributed by atoms with van der Waals surface area (Å²) < 4.78 is 5.15. The second-order valence-corrected chi connectivity index (χ2v) is 7.31. The highest BCUT2D eigenvalue weighted by atomic mass is 16.6. The number of carbonyl (C=O) groups is 1. The number of rotatable bonds is 7. The van der Waals surface area contributed by atoms with E-state index < -0.39 is 23.9 Å². The normalized spacial score (nSPS) is 13.5. The van der Waals surface area contributed by atoms with Crippen LogP contribution in [0.5, 0.6) is 0 Å². The third kappa shape index (κ3) is 6.92. The predicted octanol–water partition coefficient (Wildman–Crippen LogP) is 3.74. The van der Waals surface area contributed by atoms with Crippen LogP contribution >= 0.6 is 0 Å². The number of benzene rings is 2. The Morgan fingerprint density at radius 3 is 2.33 bits per heavy atom. The second-order valence-electron chi connectivity index (χ2n) is 7.31. The molecule has 0 saturated carbocycles. The van der Waals surface area contributed by atoms with Gasteiger partial charge in [-0.3, -0.25) is 0 Å². The van der Waals surface area contributed by atoms with Crippen molar-refractivity contribution >= 4 is 17.5 Å². The molecule has 0 aliphatic rings. The smallest absolute Gasteiger partial charge is 0.407 e. The van der Waals surface area contributed by atoms with Gasteiger partial charge in [-0.2, -0.15) is 0 Å². The monoisotopic (exact) mass is 372 g/mol. The van der Waals surface area contributed by atoms with Gasteiger partial charge in [-0.05, 0) is 45.4 Å². The van der Waals surface area contributed by atoms with Crippen LogP contribution < -0.4 is 10.6 Å². The van der Waals surface area contributed by atoms with Crippen LogP contribution in [0.2, 0.25) is 0 Å². The third-order valence-electron chi connectivity index (χ3n) is 3.81. The number of ether oxygens (including phenoxy) is 1. The lowest BCUT2D eigenvalue weighted by atomic mass is 10.00. The van der Waals surface area contributed by atoms with E-state index in [1.165, 1.54) is 0 Å². The molecule has 6 heteroatoms. The Morgan fingerprint density at radius 2 is 1.67 bits per heavy atom. The van der Waals surface area contributed by atoms with Gasteiger partial charge in [0.05, 0.1) is 6.10 Å². The number of para-hydroxylation sites is 2. The first-order valence-corrected chi connectivity index (χ1v) is 9.00. The van der Waals surface area contributed by atoms with E-state index in [2.05, 4.69) is 10.6 Å². The molecule has 0 aliphatic heterocycles. The van der Waals surface area contributed by atoms with Crippen molar-refractivity contribution in [3.05, 3.63) is 60.2 Å². The van der Waals surface area contributed by atoms with Gasteiger partial charge in [0.2, 0.25) is 0 Å². The molecule has 0 fully saturated rings. The maximum Gasteiger partial charge on any atom is 0.407 e. The van der Waals surface area contributed by atoms with Crippen LogP contribution in [0.15, 0.2) is 54.6 Å². The highest BCUT2D eigenvalue weighted by molar-refractivity contribution is 5.67. The minimum atomic E-state index is -1.09. The van der Waals surface area contributed by atoms with Crippen molar-refractivity contribution in [1.82, 2.24) is 5.32 Å². The Hall–Kier alpha value is -2.57. The highest BCUT2D eigenvalue weighted by Crippen LogP contribution is 2.28. The molecule has 146 valence electrons. The summed E-state index contributed by atoms with van der Waals surface area (Å²) in [5.74, 6) is 0. The fourth-order valence-corrected chi connectivity index (χ4v) is 2.55. The van der Waals surface area contributed by atoms with Gasteiger partial charge in [0.15, 0.2) is 0 Å². The molecule has 0 spiro atoms. The number of nitrogens with one attached hydrogen (secondary N) is 2. The topological polar surface area (TPSA) is 90.8 Å². The number of carbonyl (C=O) groups excluding carboxylic acids is 1. The van der Waals surface area contributed by atoms with Crippen LogP contribution in [0.3, 0.4) is 0 Å². The summed E-state index contributed by atoms with van der Waals surface area (Å²) in [4.78, 5) is 11.6. The molecule has 2 aromatic carbocycles. The average Bonchev–Trinajstić information content (AvgIpc) is 2.61. The third-order valence-corrected chi connectivity index (χ3v) is 3.81. The lowest BCUT2D eigenvalue weighted by Crippen LogP contribution is -2.34. The number of hydrogen-bond acceptors (Lipinski definition) is 5. The molecular weight excluding hydrogens is 344 g/mol. The number of amides is 1. The van der Waals surface area contributed by atoms with Gasteiger partial charge >= 0.3 is 6.09 Å². The summed E-state index contributed by atoms with van der Waals surface area (Å²) >= 11 is 0. The van der Waals surface area contributed by atoms with Crippen LogP contribution in [-0.4, -0.2) is 34.6 Å². The molecule has 4 N–H and O–H groups in total. The Kier molecular flexibility index (Phi) is 7.21. The van der Waals surface area contributed by atoms with E-state index in [1.54, 1.807) is 32.9 Å². The fourth-order valence-electron chi connectivity index (χ4n) is 2.55. The molecule has 27 heavy (non-hydrogen) atoms. The van der Waals surface area contributed by atoms with Crippen LogP contribution in [0.25, 0.3) is 0 Å². The summed E-state index contributed by atoms with van der Waals surface area (Å²) in [6.07, 6.45) is -2.47. The first-order chi connectivity index (χ1) is 12.8. The molecule has 2 aromatic rings. The molecule has 2 rings (SSSR count). The molecule has 2 atom stereocenters. The van der Waals surface area contributed by atoms with Crippen LogP contribution in [0.4, 0.5) is 16.2 Å². The molecule has 0 radical (unpaired) electrons. The van der Waals surface area contributed by atoms with Crippen molar-refractivity contribution in [3.63, 3.8) is 0 Å². The zero-order valence-corrected chi connectivity index (χ0v) is 16.0. The Balaban J connectivity index is 1.94. The van der Waals surface area contributed by atoms with Crippen LogP contribution in [-0.2, 0) is 4.74 Å². The maximum absolute atomic E-state index is 11.6. The zero-order valence-electron chi connectivity index (χ0n) is 16.0. The van der Waals surface area contributed by atoms with Crippen molar-refractivity contribution in [2.45, 2.75) is 45.0 Å². The molecular formula is C21H28N2O4. The number of aliphatic hydroxyl groups excluding tert-OH is 2. The second kappa shape index (κ2) is 9.39. The lowest BCUT2D eigenvalue weighted by molar-refractivity contribution is 0.0127. The van der Waals surface area contributed by atoms with E-state index in [0.29, 0.717) is 5.56 Å². The SMILES string of the molecule is CC(C)(C)OC(=O)NCCC(O)C(O)c1ccccc1Nc1ccccc1. The largest absolute Gasteiger partial charge is 0.444 e. The molecule has 0 heterocycles. The van der Waals surface area contributed by atoms with E-state index >= 15 is 0 Å². The van der Waals surface area contributed by atoms with Crippen molar-refractivity contribution in [3.8, 4) is 0 Å². The maximum atomic E-state index is 11.6. The number of anilines is 2. The molecule has 1 amide bonds. The van der Waals surface area contributed by atoms with E-state index in [-0.39, 0.29) is 13.0 Å². The zero-order chi connectivity index (χ0) is 19.9. The Labute approximate surface area is 160 Å². The molecule has 2 unspecified atom stereocenters. The quantitative estimate of drug-likeness (QED) is 0.594. The molecule has 0 saturated heterocycles. The molecule has 0 aliphatic carbocycles. The van der Waals surface area contributed by atoms with Crippen molar-refractivity contribution in [1.29, 1.82) is 0 Å². The lowest BCUT2D eigenvalue weighted by Gasteiger charge is -2.22. The van der Waals surface area contributed by atoms with Gasteiger partial charge < -0.3 is 25.6 Å². The van der Waals surface area contributed by atoms with Crippen molar-refractivity contribution in [2.75, 3.05) is 11.9 Å². The van der Waals surface area contributed by atoms with Gasteiger partial charge in [0.25, 0.3) is 0 Å². The van der Waals surface area contributed by atoms with E-state index in [4.69, 9.17) is 4.74 Å². The van der Waals surface area contributed by atoms with Crippen molar-refractivity contribution < 1.29 is 19.7 Å². The summed E-state index contributed by atoms with van der Waals surface area (Å²) in [7, 11) is 0. The van der Waals surface area contributed by atoms with Gasteiger partial charge in [-0.1, -0.05) is 36.4 Å². The number of aliphatic hydroxyl groups is 2. The molecule has 0 aromatic heterocycles. The van der Waals surface area contributed by atoms with Gasteiger partial charge in [0, 0.05) is 23.5 Å². The number of hydrogen-bond donors (Lipinski definition) is 4. The van der Waals surface area contributed by atoms with E-state index in [0.717, 1.165) is 11.4 Å². The van der Waals surface area contributed by atoms with Crippen LogP contribution in [0, 0.1) is 0 Å². The fraction of sp³-hybridized carbons (Fsp3) is 0.381. The standard InChI is InChI=1S/C21H28N2O4/c1-21(2,3)27-20(26)22-14-13-18(24)19(25)16-11-7-8-12-17(16)23-15-9-5-4-6-10-15/h4-12,18-19,23-25H,13-14H2,1-3H3,(H,22,26). The first kappa shape index (κ1) is 20.7. The van der Waals surface area contributed by atoms with Crippen LogP contribution in [0.1, 0.15) is 38.9 Å². The number of alkyl carbamates (subject to hydrolysis) is 1. The average molecular weight is 372 g/mol. The summed E-state index contributed by atoms with van der Waals surface area (Å²) in [6.45, 7) is 5.53. The first-order valence-electron chi connectivity index (χ1n) is 9.00. The molecule has 6 nitrogen and oxygen atoms in total. The minimum Gasteiger partial charge on any atom is -0.444 e. The van der Waals surface area contributed by atoms with E-state index in [9.17, 15) is 15.0 Å². The summed E-state index contributed by atoms with van der Waals surface area (Å²) in [6, 6.07) is 16.9. The van der Waals surface area contributed by atoms with Crippen molar-refractivity contribution in [2.24, 2.45) is 0 Å². The van der Waals surface area contributed by atoms with Gasteiger partial charge in [-0.25, -0.2) is 4.79 Å². The van der Waals surface area contributed by atoms with E-state index in [1.807, 2.05) is 42.5 Å². The minimum absolute atomic E-state index is 0.195. The summed E-state index contributed by atoms with van der Waals surface area (Å²) in [5.41, 5.74) is 1.62. The highest BCUT2D eigenvalue weighted by Gasteiger charge is 2.22. The summed E-state index contributed by atoms with van der Waals surface area (Å²) in [5, 5.41) is 26.7. The van der Waals surface area contributed by atoms with Gasteiger partial charge in [-0.15, -0.1) is 0 Å². The molecule has 0 bridgehead atoms.